The molecule has 10 rings (SSSR count). The lowest BCUT2D eigenvalue weighted by Gasteiger charge is -2.14. The zero-order valence-electron chi connectivity index (χ0n) is 25.1. The second-order valence-electron chi connectivity index (χ2n) is 12.2. The van der Waals surface area contributed by atoms with Gasteiger partial charge < -0.3 is 9.13 Å². The molecule has 2 heteroatoms. The molecule has 0 aliphatic carbocycles. The van der Waals surface area contributed by atoms with Crippen LogP contribution in [0, 0.1) is 0 Å². The Bertz CT molecular complexity index is 2800. The van der Waals surface area contributed by atoms with Gasteiger partial charge in [-0.3, -0.25) is 0 Å². The molecular weight excluding hydrogens is 556 g/mol. The van der Waals surface area contributed by atoms with Crippen LogP contribution in [0.4, 0.5) is 0 Å². The van der Waals surface area contributed by atoms with Crippen LogP contribution in [0.3, 0.4) is 0 Å². The fraction of sp³-hybridized carbons (Fsp3) is 0. The average molecular weight is 585 g/mol. The molecule has 0 unspecified atom stereocenters. The summed E-state index contributed by atoms with van der Waals surface area (Å²) in [6.07, 6.45) is 0. The highest BCUT2D eigenvalue weighted by Gasteiger charge is 2.19. The number of hydrogen-bond acceptors (Lipinski definition) is 0. The van der Waals surface area contributed by atoms with E-state index in [9.17, 15) is 0 Å². The summed E-state index contributed by atoms with van der Waals surface area (Å²) in [6, 6.07) is 62.0. The van der Waals surface area contributed by atoms with Gasteiger partial charge in [-0.05, 0) is 87.3 Å². The maximum absolute atomic E-state index is 2.45. The molecule has 0 amide bonds. The molecule has 8 aromatic carbocycles. The highest BCUT2D eigenvalue weighted by atomic mass is 15.0. The molecule has 2 aromatic heterocycles. The first-order valence-corrected chi connectivity index (χ1v) is 15.9. The summed E-state index contributed by atoms with van der Waals surface area (Å²) in [5.41, 5.74) is 9.63. The molecule has 2 nitrogen and oxygen atoms in total. The van der Waals surface area contributed by atoms with Gasteiger partial charge >= 0.3 is 0 Å². The Hall–Kier alpha value is -6.12. The Kier molecular flexibility index (Phi) is 5.31. The van der Waals surface area contributed by atoms with Crippen LogP contribution in [-0.4, -0.2) is 9.13 Å². The van der Waals surface area contributed by atoms with Crippen LogP contribution in [0.5, 0.6) is 0 Å². The Morgan fingerprint density at radius 3 is 1.54 bits per heavy atom. The first-order valence-electron chi connectivity index (χ1n) is 15.9. The number of para-hydroxylation sites is 3. The zero-order valence-corrected chi connectivity index (χ0v) is 25.1. The lowest BCUT2D eigenvalue weighted by molar-refractivity contribution is 1.16. The lowest BCUT2D eigenvalue weighted by Crippen LogP contribution is -1.96. The summed E-state index contributed by atoms with van der Waals surface area (Å²) in [5.74, 6) is 0. The zero-order chi connectivity index (χ0) is 30.2. The van der Waals surface area contributed by atoms with Crippen molar-refractivity contribution in [3.63, 3.8) is 0 Å². The van der Waals surface area contributed by atoms with Gasteiger partial charge in [0.1, 0.15) is 0 Å². The van der Waals surface area contributed by atoms with Crippen molar-refractivity contribution in [1.29, 1.82) is 0 Å². The maximum atomic E-state index is 2.45. The SMILES string of the molecule is c1ccc(-n2c3ccccc3c3cc4c5ccccc5n(-c5cccc(-c6cc7ccccc7c7ccccc67)c5)c4cc32)cc1. The molecule has 46 heavy (non-hydrogen) atoms. The fourth-order valence-electron chi connectivity index (χ4n) is 7.67. The predicted molar refractivity (Wildman–Crippen MR) is 196 cm³/mol. The molecule has 0 atom stereocenters. The smallest absolute Gasteiger partial charge is 0.0562 e. The van der Waals surface area contributed by atoms with Gasteiger partial charge in [0.2, 0.25) is 0 Å². The van der Waals surface area contributed by atoms with E-state index in [0.717, 1.165) is 5.69 Å². The molecule has 0 aliphatic heterocycles. The number of aromatic nitrogens is 2. The van der Waals surface area contributed by atoms with Crippen LogP contribution in [-0.2, 0) is 0 Å². The molecule has 2 heterocycles. The van der Waals surface area contributed by atoms with Gasteiger partial charge in [0.05, 0.1) is 22.1 Å². The molecule has 10 aromatic rings. The topological polar surface area (TPSA) is 9.86 Å². The lowest BCUT2D eigenvalue weighted by atomic mass is 9.93. The van der Waals surface area contributed by atoms with Crippen molar-refractivity contribution < 1.29 is 0 Å². The molecular formula is C44H28N2. The van der Waals surface area contributed by atoms with E-state index >= 15 is 0 Å². The van der Waals surface area contributed by atoms with Gasteiger partial charge in [-0.15, -0.1) is 0 Å². The highest BCUT2D eigenvalue weighted by molar-refractivity contribution is 6.19. The van der Waals surface area contributed by atoms with Crippen molar-refractivity contribution >= 4 is 65.2 Å². The van der Waals surface area contributed by atoms with Crippen LogP contribution in [0.2, 0.25) is 0 Å². The van der Waals surface area contributed by atoms with E-state index < -0.39 is 0 Å². The van der Waals surface area contributed by atoms with Crippen LogP contribution < -0.4 is 0 Å². The number of nitrogens with zero attached hydrogens (tertiary/aromatic N) is 2. The minimum atomic E-state index is 1.16. The quantitative estimate of drug-likeness (QED) is 0.183. The maximum Gasteiger partial charge on any atom is 0.0562 e. The van der Waals surface area contributed by atoms with Gasteiger partial charge in [0.15, 0.2) is 0 Å². The van der Waals surface area contributed by atoms with E-state index in [1.54, 1.807) is 0 Å². The Morgan fingerprint density at radius 2 is 0.826 bits per heavy atom. The van der Waals surface area contributed by atoms with Gasteiger partial charge in [-0.2, -0.15) is 0 Å². The third kappa shape index (κ3) is 3.59. The summed E-state index contributed by atoms with van der Waals surface area (Å²) in [4.78, 5) is 0. The second-order valence-corrected chi connectivity index (χ2v) is 12.2. The van der Waals surface area contributed by atoms with E-state index in [0.29, 0.717) is 0 Å². The van der Waals surface area contributed by atoms with Crippen LogP contribution in [0.15, 0.2) is 170 Å². The van der Waals surface area contributed by atoms with Gasteiger partial charge in [-0.25, -0.2) is 0 Å². The Morgan fingerprint density at radius 1 is 0.283 bits per heavy atom. The second kappa shape index (κ2) is 9.69. The van der Waals surface area contributed by atoms with Crippen LogP contribution in [0.25, 0.3) is 87.7 Å². The minimum Gasteiger partial charge on any atom is -0.309 e. The van der Waals surface area contributed by atoms with E-state index in [4.69, 9.17) is 0 Å². The van der Waals surface area contributed by atoms with Gasteiger partial charge in [0.25, 0.3) is 0 Å². The molecule has 0 spiro atoms. The van der Waals surface area contributed by atoms with Gasteiger partial charge in [0, 0.05) is 32.9 Å². The third-order valence-corrected chi connectivity index (χ3v) is 9.66. The molecule has 214 valence electrons. The van der Waals surface area contributed by atoms with Crippen LogP contribution in [0.1, 0.15) is 0 Å². The summed E-state index contributed by atoms with van der Waals surface area (Å²) >= 11 is 0. The monoisotopic (exact) mass is 584 g/mol. The standard InChI is InChI=1S/C44H28N2/c1-2-15-31(16-3-1)45-41-23-10-8-21-36(41)39-27-40-37-22-9-11-24-42(37)46(44(40)28-43(39)45)32-17-12-14-29(25-32)38-26-30-13-4-5-18-33(30)34-19-6-7-20-35(34)38/h1-28H. The molecule has 0 N–H and O–H groups in total. The minimum absolute atomic E-state index is 1.16. The van der Waals surface area contributed by atoms with Crippen LogP contribution >= 0.6 is 0 Å². The predicted octanol–water partition coefficient (Wildman–Crippen LogP) is 11.9. The normalized spacial score (nSPS) is 11.9. The Labute approximate surface area is 266 Å². The van der Waals surface area contributed by atoms with Crippen molar-refractivity contribution in [3.05, 3.63) is 170 Å². The van der Waals surface area contributed by atoms with E-state index in [2.05, 4.69) is 179 Å². The fourth-order valence-corrected chi connectivity index (χ4v) is 7.67. The molecule has 0 fully saturated rings. The van der Waals surface area contributed by atoms with Crippen molar-refractivity contribution in [1.82, 2.24) is 9.13 Å². The van der Waals surface area contributed by atoms with E-state index in [1.807, 2.05) is 0 Å². The molecule has 0 saturated heterocycles. The molecule has 0 radical (unpaired) electrons. The molecule has 0 bridgehead atoms. The summed E-state index contributed by atoms with van der Waals surface area (Å²) in [7, 11) is 0. The molecule has 0 saturated carbocycles. The third-order valence-electron chi connectivity index (χ3n) is 9.66. The number of hydrogen-bond donors (Lipinski definition) is 0. The van der Waals surface area contributed by atoms with E-state index in [-0.39, 0.29) is 0 Å². The van der Waals surface area contributed by atoms with Crippen molar-refractivity contribution in [2.45, 2.75) is 0 Å². The Balaban J connectivity index is 1.28. The average Bonchev–Trinajstić information content (AvgIpc) is 3.63. The largest absolute Gasteiger partial charge is 0.309 e. The first kappa shape index (κ1) is 25.2. The number of rotatable bonds is 3. The first-order chi connectivity index (χ1) is 22.8. The number of benzene rings is 8. The summed E-state index contributed by atoms with van der Waals surface area (Å²) < 4.78 is 4.85. The summed E-state index contributed by atoms with van der Waals surface area (Å²) in [5, 5.41) is 10.2. The van der Waals surface area contributed by atoms with Crippen molar-refractivity contribution in [3.8, 4) is 22.5 Å². The van der Waals surface area contributed by atoms with Crippen molar-refractivity contribution in [2.75, 3.05) is 0 Å². The van der Waals surface area contributed by atoms with Crippen molar-refractivity contribution in [2.24, 2.45) is 0 Å². The number of fused-ring (bicyclic) bond motifs is 9. The highest BCUT2D eigenvalue weighted by Crippen LogP contribution is 2.41. The van der Waals surface area contributed by atoms with Gasteiger partial charge in [-0.1, -0.05) is 115 Å². The molecule has 0 aliphatic rings. The van der Waals surface area contributed by atoms with E-state index in [1.165, 1.54) is 82.0 Å². The summed E-state index contributed by atoms with van der Waals surface area (Å²) in [6.45, 7) is 0.